The first-order valence-corrected chi connectivity index (χ1v) is 20.8. The van der Waals surface area contributed by atoms with Gasteiger partial charge in [0.2, 0.25) is 5.60 Å². The van der Waals surface area contributed by atoms with Crippen LogP contribution in [-0.2, 0) is 45.8 Å². The van der Waals surface area contributed by atoms with Gasteiger partial charge in [-0.15, -0.1) is 0 Å². The van der Waals surface area contributed by atoms with Crippen molar-refractivity contribution < 1.29 is 43.5 Å². The lowest BCUT2D eigenvalue weighted by atomic mass is 9.47. The topological polar surface area (TPSA) is 163 Å². The van der Waals surface area contributed by atoms with Crippen LogP contribution in [0.25, 0.3) is 10.9 Å². The van der Waals surface area contributed by atoms with Crippen LogP contribution in [0.4, 0.5) is 5.69 Å². The summed E-state index contributed by atoms with van der Waals surface area (Å²) in [4.78, 5) is 50.9. The highest BCUT2D eigenvalue weighted by Gasteiger charge is 2.79. The summed E-state index contributed by atoms with van der Waals surface area (Å²) in [5, 5.41) is 29.7. The van der Waals surface area contributed by atoms with Gasteiger partial charge < -0.3 is 39.5 Å². The monoisotopic (exact) mass is 796 g/mol. The van der Waals surface area contributed by atoms with Crippen molar-refractivity contribution in [3.8, 4) is 5.75 Å². The van der Waals surface area contributed by atoms with E-state index < -0.39 is 57.5 Å². The van der Waals surface area contributed by atoms with E-state index in [1.54, 1.807) is 7.11 Å². The minimum atomic E-state index is -2.31. The summed E-state index contributed by atoms with van der Waals surface area (Å²) < 4.78 is 23.7. The molecule has 13 nitrogen and oxygen atoms in total. The summed E-state index contributed by atoms with van der Waals surface area (Å²) in [6, 6.07) is 10.8. The average Bonchev–Trinajstić information content (AvgIpc) is 3.92. The Morgan fingerprint density at radius 3 is 2.45 bits per heavy atom. The molecule has 10 unspecified atom stereocenters. The number of aliphatic hydroxyl groups is 2. The lowest BCUT2D eigenvalue weighted by Gasteiger charge is -2.62. The van der Waals surface area contributed by atoms with Crippen molar-refractivity contribution in [2.24, 2.45) is 11.3 Å². The molecule has 13 heteroatoms. The van der Waals surface area contributed by atoms with Crippen molar-refractivity contribution in [1.82, 2.24) is 14.8 Å². The van der Waals surface area contributed by atoms with Crippen molar-refractivity contribution in [1.29, 1.82) is 0 Å². The molecule has 10 atom stereocenters. The first-order valence-electron chi connectivity index (χ1n) is 20.8. The van der Waals surface area contributed by atoms with Crippen molar-refractivity contribution >= 4 is 34.5 Å². The van der Waals surface area contributed by atoms with E-state index in [-0.39, 0.29) is 12.0 Å². The van der Waals surface area contributed by atoms with Gasteiger partial charge in [-0.3, -0.25) is 19.4 Å². The predicted molar refractivity (Wildman–Crippen MR) is 216 cm³/mol. The number of piperidine rings is 1. The second kappa shape index (κ2) is 13.6. The molecule has 3 aromatic rings. The number of hydrogen-bond acceptors (Lipinski definition) is 12. The zero-order valence-electron chi connectivity index (χ0n) is 34.4. The van der Waals surface area contributed by atoms with Gasteiger partial charge in [0.1, 0.15) is 11.2 Å². The van der Waals surface area contributed by atoms with Gasteiger partial charge in [-0.2, -0.15) is 0 Å². The normalized spacial score (nSPS) is 37.2. The van der Waals surface area contributed by atoms with Crippen LogP contribution in [0.15, 0.2) is 48.6 Å². The van der Waals surface area contributed by atoms with Gasteiger partial charge in [-0.25, -0.2) is 4.79 Å². The lowest BCUT2D eigenvalue weighted by Crippen LogP contribution is -2.80. The summed E-state index contributed by atoms with van der Waals surface area (Å²) in [6.45, 7) is 8.59. The second-order valence-electron chi connectivity index (χ2n) is 17.8. The number of para-hydroxylation sites is 1. The van der Waals surface area contributed by atoms with Gasteiger partial charge in [0.05, 0.1) is 33.0 Å². The van der Waals surface area contributed by atoms with E-state index in [1.807, 2.05) is 50.3 Å². The average molecular weight is 797 g/mol. The Morgan fingerprint density at radius 2 is 1.74 bits per heavy atom. The third-order valence-corrected chi connectivity index (χ3v) is 15.2. The number of hydrogen-bond donors (Lipinski definition) is 4. The third kappa shape index (κ3) is 5.05. The van der Waals surface area contributed by atoms with Crippen LogP contribution in [0.3, 0.4) is 0 Å². The molecule has 310 valence electrons. The molecule has 6 aliphatic rings. The van der Waals surface area contributed by atoms with E-state index in [2.05, 4.69) is 32.2 Å². The standard InChI is InChI=1S/C45H56N4O9/c1-7-41(53)22-27-23-44(39(51)56-5,35-29(14-18-48(24-27)25-41)28-12-9-10-13-32(28)46-35)31-20-30-33(21-34(31)55-4)47-36-43(30)16-19-49-17-11-15-42(8-2,37(43)49)38(58-26(3)50)45(36,54)40(52)57-6/h9-13,15,20-21,27,36-38,46-47,53-54H,7-8,14,16-19,22-25H2,1-6H3. The molecule has 2 bridgehead atoms. The number of H-pyrrole nitrogens is 1. The number of benzene rings is 2. The number of aromatic amines is 1. The summed E-state index contributed by atoms with van der Waals surface area (Å²) in [5.41, 5.74) is -1.78. The number of carbonyl (C=O) groups excluding carboxylic acids is 3. The van der Waals surface area contributed by atoms with Gasteiger partial charge in [0.25, 0.3) is 0 Å². The molecular formula is C45H56N4O9. The van der Waals surface area contributed by atoms with E-state index in [4.69, 9.17) is 18.9 Å². The fourth-order valence-electron chi connectivity index (χ4n) is 13.0. The zero-order valence-corrected chi connectivity index (χ0v) is 34.4. The summed E-state index contributed by atoms with van der Waals surface area (Å²) >= 11 is 0. The smallest absolute Gasteiger partial charge is 0.344 e. The largest absolute Gasteiger partial charge is 0.496 e. The molecule has 1 saturated carbocycles. The summed E-state index contributed by atoms with van der Waals surface area (Å²) in [6.07, 6.45) is 5.90. The number of rotatable bonds is 7. The fraction of sp³-hybridized carbons (Fsp3) is 0.578. The van der Waals surface area contributed by atoms with Gasteiger partial charge in [-0.1, -0.05) is 44.2 Å². The van der Waals surface area contributed by atoms with E-state index >= 15 is 4.79 Å². The number of nitrogens with zero attached hydrogens (tertiary/aromatic N) is 2. The predicted octanol–water partition coefficient (Wildman–Crippen LogP) is 3.97. The molecule has 4 N–H and O–H groups in total. The van der Waals surface area contributed by atoms with Crippen LogP contribution in [0, 0.1) is 11.3 Å². The Bertz CT molecular complexity index is 2220. The Labute approximate surface area is 339 Å². The number of methoxy groups -OCH3 is 3. The van der Waals surface area contributed by atoms with Gasteiger partial charge >= 0.3 is 17.9 Å². The van der Waals surface area contributed by atoms with E-state index in [9.17, 15) is 19.8 Å². The Morgan fingerprint density at radius 1 is 0.966 bits per heavy atom. The first-order chi connectivity index (χ1) is 27.8. The van der Waals surface area contributed by atoms with Crippen LogP contribution >= 0.6 is 0 Å². The highest BCUT2D eigenvalue weighted by atomic mass is 16.6. The first kappa shape index (κ1) is 39.1. The number of anilines is 1. The van der Waals surface area contributed by atoms with E-state index in [0.717, 1.165) is 27.7 Å². The number of esters is 3. The minimum Gasteiger partial charge on any atom is -0.496 e. The maximum atomic E-state index is 15.3. The Kier molecular flexibility index (Phi) is 9.12. The van der Waals surface area contributed by atoms with Crippen LogP contribution in [0.1, 0.15) is 75.3 Å². The van der Waals surface area contributed by atoms with E-state index in [0.29, 0.717) is 88.2 Å². The van der Waals surface area contributed by atoms with E-state index in [1.165, 1.54) is 21.1 Å². The van der Waals surface area contributed by atoms with Crippen LogP contribution in [-0.4, -0.2) is 126 Å². The molecule has 1 spiro atoms. The molecule has 2 saturated heterocycles. The number of aromatic nitrogens is 1. The number of ether oxygens (including phenoxy) is 4. The SMILES string of the molecule is CCC1(O)CC2CN(CCc3c([nH]c4ccccc34)C(C(=O)OC)(c3cc4c(cc3OC)NC3C(O)(C(=O)OC)C(OC(C)=O)C5(CC)C=CCN6CCC43C65)C2)C1. The Hall–Kier alpha value is -4.43. The molecule has 9 rings (SSSR count). The van der Waals surface area contributed by atoms with Crippen LogP contribution < -0.4 is 10.1 Å². The molecule has 1 aromatic heterocycles. The number of carbonyl (C=O) groups is 3. The highest BCUT2D eigenvalue weighted by Crippen LogP contribution is 2.67. The quantitative estimate of drug-likeness (QED) is 0.155. The molecule has 2 aromatic carbocycles. The van der Waals surface area contributed by atoms with Gasteiger partial charge in [0, 0.05) is 83.9 Å². The fourth-order valence-corrected chi connectivity index (χ4v) is 13.0. The summed E-state index contributed by atoms with van der Waals surface area (Å²) in [5.74, 6) is -1.61. The molecule has 0 radical (unpaired) electrons. The third-order valence-electron chi connectivity index (χ3n) is 15.2. The summed E-state index contributed by atoms with van der Waals surface area (Å²) in [7, 11) is 4.25. The molecule has 3 fully saturated rings. The molecule has 0 amide bonds. The van der Waals surface area contributed by atoms with Crippen molar-refractivity contribution in [2.75, 3.05) is 59.4 Å². The van der Waals surface area contributed by atoms with Crippen LogP contribution in [0.5, 0.6) is 5.75 Å². The maximum Gasteiger partial charge on any atom is 0.344 e. The zero-order chi connectivity index (χ0) is 41.0. The number of nitrogens with one attached hydrogen (secondary N) is 2. The molecule has 6 heterocycles. The highest BCUT2D eigenvalue weighted by molar-refractivity contribution is 5.95. The lowest BCUT2D eigenvalue weighted by molar-refractivity contribution is -0.226. The molecular weight excluding hydrogens is 741 g/mol. The molecule has 1 aliphatic carbocycles. The minimum absolute atomic E-state index is 0.0982. The van der Waals surface area contributed by atoms with Crippen molar-refractivity contribution in [3.63, 3.8) is 0 Å². The van der Waals surface area contributed by atoms with Crippen molar-refractivity contribution in [2.45, 2.75) is 99.5 Å². The van der Waals surface area contributed by atoms with Crippen LogP contribution in [0.2, 0.25) is 0 Å². The molecule has 5 aliphatic heterocycles. The number of fused-ring (bicyclic) bond motifs is 6. The maximum absolute atomic E-state index is 15.3. The van der Waals surface area contributed by atoms with Crippen molar-refractivity contribution in [3.05, 3.63) is 70.9 Å². The Balaban J connectivity index is 1.34. The van der Waals surface area contributed by atoms with Gasteiger partial charge in [0.15, 0.2) is 6.10 Å². The second-order valence-corrected chi connectivity index (χ2v) is 17.8. The van der Waals surface area contributed by atoms with Gasteiger partial charge in [-0.05, 0) is 74.2 Å². The molecule has 58 heavy (non-hydrogen) atoms.